The number of hydrogen-bond acceptors (Lipinski definition) is 2. The summed E-state index contributed by atoms with van der Waals surface area (Å²) in [6, 6.07) is 75.2. The van der Waals surface area contributed by atoms with E-state index in [1.807, 2.05) is 24.3 Å². The zero-order valence-corrected chi connectivity index (χ0v) is 30.0. The monoisotopic (exact) mass is 701 g/mol. The lowest BCUT2D eigenvalue weighted by Gasteiger charge is -2.12. The number of nitrogens with zero attached hydrogens (tertiary/aromatic N) is 3. The lowest BCUT2D eigenvalue weighted by atomic mass is 10.0. The van der Waals surface area contributed by atoms with E-state index >= 15 is 0 Å². The van der Waals surface area contributed by atoms with E-state index in [-0.39, 0.29) is 0 Å². The van der Waals surface area contributed by atoms with Crippen LogP contribution in [0.4, 0.5) is 0 Å². The molecule has 0 N–H and O–H groups in total. The number of aromatic nitrogens is 3. The third-order valence-corrected chi connectivity index (χ3v) is 10.4. The van der Waals surface area contributed by atoms with Crippen LogP contribution in [0.1, 0.15) is 0 Å². The fourth-order valence-corrected chi connectivity index (χ4v) is 7.65. The molecule has 55 heavy (non-hydrogen) atoms. The first-order chi connectivity index (χ1) is 27.2. The predicted octanol–water partition coefficient (Wildman–Crippen LogP) is 13.6. The zero-order valence-electron chi connectivity index (χ0n) is 30.0. The Bertz CT molecular complexity index is 2840. The second kappa shape index (κ2) is 13.9. The summed E-state index contributed by atoms with van der Waals surface area (Å²) < 4.78 is 2.38. The molecule has 258 valence electrons. The zero-order chi connectivity index (χ0) is 36.6. The van der Waals surface area contributed by atoms with E-state index in [0.29, 0.717) is 5.82 Å². The van der Waals surface area contributed by atoms with E-state index in [2.05, 4.69) is 193 Å². The van der Waals surface area contributed by atoms with Crippen LogP contribution in [0.25, 0.3) is 94.8 Å². The van der Waals surface area contributed by atoms with Gasteiger partial charge in [0, 0.05) is 33.2 Å². The average Bonchev–Trinajstić information content (AvgIpc) is 3.60. The smallest absolute Gasteiger partial charge is 0.160 e. The van der Waals surface area contributed by atoms with Gasteiger partial charge in [0.25, 0.3) is 0 Å². The lowest BCUT2D eigenvalue weighted by molar-refractivity contribution is 1.17. The van der Waals surface area contributed by atoms with Gasteiger partial charge in [-0.15, -0.1) is 0 Å². The molecule has 0 aliphatic carbocycles. The number of rotatable bonds is 7. The maximum Gasteiger partial charge on any atom is 0.160 e. The molecule has 0 saturated heterocycles. The molecular formula is C52H35N3. The Labute approximate surface area is 320 Å². The molecule has 0 aliphatic rings. The Balaban J connectivity index is 1.10. The Kier molecular flexibility index (Phi) is 8.16. The van der Waals surface area contributed by atoms with E-state index in [4.69, 9.17) is 9.97 Å². The first kappa shape index (κ1) is 32.3. The Hall–Kier alpha value is -7.36. The van der Waals surface area contributed by atoms with E-state index in [9.17, 15) is 0 Å². The third kappa shape index (κ3) is 6.18. The molecule has 8 aromatic carbocycles. The topological polar surface area (TPSA) is 30.7 Å². The molecule has 0 radical (unpaired) electrons. The van der Waals surface area contributed by atoms with Crippen molar-refractivity contribution in [3.05, 3.63) is 212 Å². The first-order valence-corrected chi connectivity index (χ1v) is 18.7. The molecule has 0 bridgehead atoms. The van der Waals surface area contributed by atoms with Crippen molar-refractivity contribution in [2.24, 2.45) is 0 Å². The molecule has 0 spiro atoms. The summed E-state index contributed by atoms with van der Waals surface area (Å²) in [6.07, 6.45) is 0. The molecule has 3 heteroatoms. The fourth-order valence-electron chi connectivity index (χ4n) is 7.65. The minimum absolute atomic E-state index is 0.702. The van der Waals surface area contributed by atoms with Gasteiger partial charge < -0.3 is 4.57 Å². The minimum Gasteiger partial charge on any atom is -0.309 e. The van der Waals surface area contributed by atoms with Crippen LogP contribution in [-0.2, 0) is 0 Å². The van der Waals surface area contributed by atoms with Gasteiger partial charge in [0.05, 0.1) is 22.4 Å². The molecule has 0 amide bonds. The highest BCUT2D eigenvalue weighted by Crippen LogP contribution is 2.38. The highest BCUT2D eigenvalue weighted by molar-refractivity contribution is 6.11. The third-order valence-electron chi connectivity index (χ3n) is 10.4. The summed E-state index contributed by atoms with van der Waals surface area (Å²) in [4.78, 5) is 10.2. The molecule has 0 atom stereocenters. The predicted molar refractivity (Wildman–Crippen MR) is 229 cm³/mol. The maximum atomic E-state index is 5.13. The van der Waals surface area contributed by atoms with Crippen LogP contribution in [0, 0.1) is 0 Å². The van der Waals surface area contributed by atoms with Crippen LogP contribution in [0.3, 0.4) is 0 Å². The van der Waals surface area contributed by atoms with Crippen molar-refractivity contribution in [3.8, 4) is 73.0 Å². The van der Waals surface area contributed by atoms with Gasteiger partial charge >= 0.3 is 0 Å². The summed E-state index contributed by atoms with van der Waals surface area (Å²) in [7, 11) is 0. The molecule has 0 fully saturated rings. The molecular weight excluding hydrogens is 667 g/mol. The number of hydrogen-bond donors (Lipinski definition) is 0. The first-order valence-electron chi connectivity index (χ1n) is 18.7. The molecule has 10 aromatic rings. The van der Waals surface area contributed by atoms with Crippen LogP contribution < -0.4 is 0 Å². The fraction of sp³-hybridized carbons (Fsp3) is 0. The van der Waals surface area contributed by atoms with Crippen LogP contribution in [0.15, 0.2) is 212 Å². The van der Waals surface area contributed by atoms with Crippen molar-refractivity contribution in [2.75, 3.05) is 0 Å². The highest BCUT2D eigenvalue weighted by atomic mass is 15.0. The lowest BCUT2D eigenvalue weighted by Crippen LogP contribution is -1.97. The van der Waals surface area contributed by atoms with Crippen LogP contribution >= 0.6 is 0 Å². The quantitative estimate of drug-likeness (QED) is 0.166. The summed E-state index contributed by atoms with van der Waals surface area (Å²) in [5.74, 6) is 0.702. The van der Waals surface area contributed by atoms with Crippen LogP contribution in [-0.4, -0.2) is 14.5 Å². The van der Waals surface area contributed by atoms with Gasteiger partial charge in [-0.2, -0.15) is 0 Å². The molecule has 0 saturated carbocycles. The van der Waals surface area contributed by atoms with Gasteiger partial charge in [-0.05, 0) is 81.9 Å². The van der Waals surface area contributed by atoms with Crippen LogP contribution in [0.5, 0.6) is 0 Å². The van der Waals surface area contributed by atoms with Crippen molar-refractivity contribution >= 4 is 21.8 Å². The van der Waals surface area contributed by atoms with E-state index in [0.717, 1.165) is 39.3 Å². The molecule has 10 rings (SSSR count). The van der Waals surface area contributed by atoms with Crippen LogP contribution in [0.2, 0.25) is 0 Å². The Morgan fingerprint density at radius 3 is 1.18 bits per heavy atom. The molecule has 3 nitrogen and oxygen atoms in total. The van der Waals surface area contributed by atoms with Gasteiger partial charge in [-0.1, -0.05) is 164 Å². The molecule has 2 heterocycles. The SMILES string of the molecule is c1ccc(-c2cccc(-c3cc(-c4ccc(-n5c6ccc(-c7ccccc7)cc6c6cc(-c7ccccc7)ccc65)cc4)nc(-c4ccccc4)n3)c2)cc1. The van der Waals surface area contributed by atoms with Crippen molar-refractivity contribution in [2.45, 2.75) is 0 Å². The largest absolute Gasteiger partial charge is 0.309 e. The van der Waals surface area contributed by atoms with E-state index in [1.54, 1.807) is 0 Å². The molecule has 0 aliphatic heterocycles. The van der Waals surface area contributed by atoms with Gasteiger partial charge in [0.15, 0.2) is 5.82 Å². The van der Waals surface area contributed by atoms with E-state index in [1.165, 1.54) is 49.6 Å². The second-order valence-electron chi connectivity index (χ2n) is 13.9. The van der Waals surface area contributed by atoms with Crippen molar-refractivity contribution in [3.63, 3.8) is 0 Å². The normalized spacial score (nSPS) is 11.3. The van der Waals surface area contributed by atoms with Gasteiger partial charge in [-0.25, -0.2) is 9.97 Å². The summed E-state index contributed by atoms with van der Waals surface area (Å²) in [5, 5.41) is 2.45. The number of fused-ring (bicyclic) bond motifs is 3. The summed E-state index contributed by atoms with van der Waals surface area (Å²) in [5.41, 5.74) is 15.4. The van der Waals surface area contributed by atoms with Gasteiger partial charge in [-0.3, -0.25) is 0 Å². The minimum atomic E-state index is 0.702. The van der Waals surface area contributed by atoms with Gasteiger partial charge in [0.1, 0.15) is 0 Å². The summed E-state index contributed by atoms with van der Waals surface area (Å²) in [6.45, 7) is 0. The standard InChI is InChI=1S/C52H35N3/c1-5-14-36(15-6-1)41-22-13-23-44(32-41)49-35-48(53-52(54-49)40-20-11-4-12-21-40)39-24-28-45(29-25-39)55-50-30-26-42(37-16-7-2-8-17-37)33-46(50)47-34-43(27-31-51(47)55)38-18-9-3-10-19-38/h1-35H. The number of benzene rings is 8. The van der Waals surface area contributed by atoms with Crippen molar-refractivity contribution in [1.82, 2.24) is 14.5 Å². The van der Waals surface area contributed by atoms with Crippen molar-refractivity contribution in [1.29, 1.82) is 0 Å². The van der Waals surface area contributed by atoms with Gasteiger partial charge in [0.2, 0.25) is 0 Å². The summed E-state index contributed by atoms with van der Waals surface area (Å²) >= 11 is 0. The van der Waals surface area contributed by atoms with Crippen molar-refractivity contribution < 1.29 is 0 Å². The highest BCUT2D eigenvalue weighted by Gasteiger charge is 2.16. The molecule has 0 unspecified atom stereocenters. The Morgan fingerprint density at radius 2 is 0.673 bits per heavy atom. The Morgan fingerprint density at radius 1 is 0.273 bits per heavy atom. The average molecular weight is 702 g/mol. The molecule has 2 aromatic heterocycles. The van der Waals surface area contributed by atoms with E-state index < -0.39 is 0 Å². The second-order valence-corrected chi connectivity index (χ2v) is 13.9. The maximum absolute atomic E-state index is 5.13.